The van der Waals surface area contributed by atoms with E-state index in [4.69, 9.17) is 4.74 Å². The van der Waals surface area contributed by atoms with Gasteiger partial charge in [-0.3, -0.25) is 4.79 Å². The van der Waals surface area contributed by atoms with Gasteiger partial charge in [0.15, 0.2) is 0 Å². The molecule has 1 rings (SSSR count). The van der Waals surface area contributed by atoms with E-state index in [1.165, 1.54) is 12.8 Å². The first-order valence-electron chi connectivity index (χ1n) is 5.53. The highest BCUT2D eigenvalue weighted by Gasteiger charge is 2.27. The van der Waals surface area contributed by atoms with E-state index in [2.05, 4.69) is 5.32 Å². The second-order valence-corrected chi connectivity index (χ2v) is 4.31. The van der Waals surface area contributed by atoms with Crippen LogP contribution < -0.4 is 5.32 Å². The Labute approximate surface area is 86.2 Å². The van der Waals surface area contributed by atoms with Gasteiger partial charge < -0.3 is 10.1 Å². The van der Waals surface area contributed by atoms with Crippen molar-refractivity contribution in [1.29, 1.82) is 0 Å². The average molecular weight is 199 g/mol. The van der Waals surface area contributed by atoms with Crippen LogP contribution in [0, 0.1) is 5.92 Å². The molecule has 0 aliphatic heterocycles. The summed E-state index contributed by atoms with van der Waals surface area (Å²) in [5.41, 5.74) is 0. The van der Waals surface area contributed by atoms with Crippen molar-refractivity contribution >= 4 is 5.97 Å². The van der Waals surface area contributed by atoms with Gasteiger partial charge in [0.25, 0.3) is 0 Å². The minimum Gasteiger partial charge on any atom is -0.461 e. The Morgan fingerprint density at radius 1 is 1.36 bits per heavy atom. The molecule has 1 aliphatic rings. The van der Waals surface area contributed by atoms with Gasteiger partial charge in [0, 0.05) is 6.04 Å². The molecule has 0 aromatic heterocycles. The molecular weight excluding hydrogens is 178 g/mol. The van der Waals surface area contributed by atoms with Crippen LogP contribution >= 0.6 is 0 Å². The number of carbonyl (C=O) groups excluding carboxylic acids is 1. The number of hydrogen-bond donors (Lipinski definition) is 1. The summed E-state index contributed by atoms with van der Waals surface area (Å²) in [4.78, 5) is 11.4. The maximum absolute atomic E-state index is 11.4. The van der Waals surface area contributed by atoms with Gasteiger partial charge in [-0.1, -0.05) is 20.3 Å². The lowest BCUT2D eigenvalue weighted by Crippen LogP contribution is -2.43. The molecule has 2 atom stereocenters. The third kappa shape index (κ3) is 2.98. The Bertz CT molecular complexity index is 192. The molecule has 1 fully saturated rings. The van der Waals surface area contributed by atoms with Crippen LogP contribution in [-0.4, -0.2) is 25.2 Å². The van der Waals surface area contributed by atoms with E-state index in [0.29, 0.717) is 6.04 Å². The average Bonchev–Trinajstić information content (AvgIpc) is 2.18. The molecule has 0 bridgehead atoms. The molecule has 14 heavy (non-hydrogen) atoms. The smallest absolute Gasteiger partial charge is 0.308 e. The summed E-state index contributed by atoms with van der Waals surface area (Å²) in [5.74, 6) is -0.0911. The van der Waals surface area contributed by atoms with Gasteiger partial charge in [0.1, 0.15) is 6.10 Å². The first-order valence-corrected chi connectivity index (χ1v) is 5.53. The molecule has 0 saturated heterocycles. The predicted molar refractivity (Wildman–Crippen MR) is 56.0 cm³/mol. The van der Waals surface area contributed by atoms with Crippen molar-refractivity contribution in [2.24, 2.45) is 5.92 Å². The number of likely N-dealkylation sites (N-methyl/N-ethyl adjacent to an activating group) is 1. The third-order valence-electron chi connectivity index (χ3n) is 2.81. The molecule has 3 nitrogen and oxygen atoms in total. The highest BCUT2D eigenvalue weighted by Crippen LogP contribution is 2.21. The van der Waals surface area contributed by atoms with Crippen LogP contribution in [0.4, 0.5) is 0 Å². The summed E-state index contributed by atoms with van der Waals surface area (Å²) < 4.78 is 5.45. The lowest BCUT2D eigenvalue weighted by molar-refractivity contribution is -0.155. The molecule has 1 saturated carbocycles. The fourth-order valence-corrected chi connectivity index (χ4v) is 1.85. The molecule has 1 aliphatic carbocycles. The molecule has 0 radical (unpaired) electrons. The minimum absolute atomic E-state index is 0.0190. The van der Waals surface area contributed by atoms with E-state index < -0.39 is 0 Å². The van der Waals surface area contributed by atoms with Gasteiger partial charge >= 0.3 is 5.97 Å². The zero-order valence-corrected chi connectivity index (χ0v) is 9.38. The molecule has 2 unspecified atom stereocenters. The summed E-state index contributed by atoms with van der Waals surface area (Å²) in [7, 11) is 1.94. The zero-order valence-electron chi connectivity index (χ0n) is 9.38. The molecule has 0 aromatic rings. The lowest BCUT2D eigenvalue weighted by Gasteiger charge is -2.31. The van der Waals surface area contributed by atoms with Gasteiger partial charge in [-0.2, -0.15) is 0 Å². The van der Waals surface area contributed by atoms with Crippen molar-refractivity contribution in [3.05, 3.63) is 0 Å². The van der Waals surface area contributed by atoms with Crippen molar-refractivity contribution < 1.29 is 9.53 Å². The van der Waals surface area contributed by atoms with E-state index in [1.807, 2.05) is 20.9 Å². The summed E-state index contributed by atoms with van der Waals surface area (Å²) in [5, 5.41) is 3.22. The SMILES string of the molecule is CNC1CCCCC1OC(=O)C(C)C. The number of esters is 1. The van der Waals surface area contributed by atoms with E-state index in [0.717, 1.165) is 12.8 Å². The maximum atomic E-state index is 11.4. The number of hydrogen-bond acceptors (Lipinski definition) is 3. The molecule has 0 amide bonds. The van der Waals surface area contributed by atoms with E-state index in [1.54, 1.807) is 0 Å². The fourth-order valence-electron chi connectivity index (χ4n) is 1.85. The van der Waals surface area contributed by atoms with Crippen LogP contribution in [0.3, 0.4) is 0 Å². The summed E-state index contributed by atoms with van der Waals surface area (Å²) in [6.07, 6.45) is 4.62. The topological polar surface area (TPSA) is 38.3 Å². The molecule has 0 aromatic carbocycles. The van der Waals surface area contributed by atoms with Crippen LogP contribution in [-0.2, 0) is 9.53 Å². The van der Waals surface area contributed by atoms with E-state index in [9.17, 15) is 4.79 Å². The van der Waals surface area contributed by atoms with Crippen molar-refractivity contribution in [3.63, 3.8) is 0 Å². The Kier molecular flexibility index (Phi) is 4.39. The predicted octanol–water partition coefficient (Wildman–Crippen LogP) is 1.72. The quantitative estimate of drug-likeness (QED) is 0.703. The summed E-state index contributed by atoms with van der Waals surface area (Å²) in [6.45, 7) is 3.75. The minimum atomic E-state index is -0.0721. The highest BCUT2D eigenvalue weighted by atomic mass is 16.5. The normalized spacial score (nSPS) is 27.7. The number of ether oxygens (including phenoxy) is 1. The number of carbonyl (C=O) groups is 1. The molecule has 82 valence electrons. The number of rotatable bonds is 3. The second-order valence-electron chi connectivity index (χ2n) is 4.31. The van der Waals surface area contributed by atoms with Crippen LogP contribution in [0.25, 0.3) is 0 Å². The van der Waals surface area contributed by atoms with Gasteiger partial charge in [-0.25, -0.2) is 0 Å². The lowest BCUT2D eigenvalue weighted by atomic mass is 9.92. The Morgan fingerprint density at radius 3 is 2.57 bits per heavy atom. The third-order valence-corrected chi connectivity index (χ3v) is 2.81. The largest absolute Gasteiger partial charge is 0.461 e. The van der Waals surface area contributed by atoms with Crippen LogP contribution in [0.1, 0.15) is 39.5 Å². The van der Waals surface area contributed by atoms with Gasteiger partial charge in [0.05, 0.1) is 5.92 Å². The van der Waals surface area contributed by atoms with Gasteiger partial charge in [-0.15, -0.1) is 0 Å². The number of nitrogens with one attached hydrogen (secondary N) is 1. The Balaban J connectivity index is 2.44. The standard InChI is InChI=1S/C11H21NO2/c1-8(2)11(13)14-10-7-5-4-6-9(10)12-3/h8-10,12H,4-7H2,1-3H3. The molecule has 0 heterocycles. The molecule has 3 heteroatoms. The molecular formula is C11H21NO2. The zero-order chi connectivity index (χ0) is 10.6. The Hall–Kier alpha value is -0.570. The van der Waals surface area contributed by atoms with Crippen molar-refractivity contribution in [3.8, 4) is 0 Å². The van der Waals surface area contributed by atoms with Gasteiger partial charge in [0.2, 0.25) is 0 Å². The van der Waals surface area contributed by atoms with Crippen LogP contribution in [0.15, 0.2) is 0 Å². The van der Waals surface area contributed by atoms with Crippen molar-refractivity contribution in [2.45, 2.75) is 51.7 Å². The Morgan fingerprint density at radius 2 is 2.00 bits per heavy atom. The molecule has 0 spiro atoms. The van der Waals surface area contributed by atoms with Crippen molar-refractivity contribution in [1.82, 2.24) is 5.32 Å². The summed E-state index contributed by atoms with van der Waals surface area (Å²) in [6, 6.07) is 0.353. The second kappa shape index (κ2) is 5.35. The van der Waals surface area contributed by atoms with Crippen molar-refractivity contribution in [2.75, 3.05) is 7.05 Å². The fraction of sp³-hybridized carbons (Fsp3) is 0.909. The monoisotopic (exact) mass is 199 g/mol. The highest BCUT2D eigenvalue weighted by molar-refractivity contribution is 5.71. The first kappa shape index (κ1) is 11.5. The van der Waals surface area contributed by atoms with Crippen LogP contribution in [0.2, 0.25) is 0 Å². The molecule has 1 N–H and O–H groups in total. The summed E-state index contributed by atoms with van der Waals surface area (Å²) >= 11 is 0. The van der Waals surface area contributed by atoms with Gasteiger partial charge in [-0.05, 0) is 26.3 Å². The van der Waals surface area contributed by atoms with E-state index in [-0.39, 0.29) is 18.0 Å². The van der Waals surface area contributed by atoms with E-state index >= 15 is 0 Å². The maximum Gasteiger partial charge on any atom is 0.308 e. The van der Waals surface area contributed by atoms with Crippen LogP contribution in [0.5, 0.6) is 0 Å². The first-order chi connectivity index (χ1) is 6.65.